The van der Waals surface area contributed by atoms with Crippen LogP contribution in [0.3, 0.4) is 0 Å². The molecule has 1 fully saturated rings. The number of fused-ring (bicyclic) bond motifs is 1. The van der Waals surface area contributed by atoms with Crippen molar-refractivity contribution in [2.45, 2.75) is 19.0 Å². The number of carbonyl (C=O) groups is 2. The van der Waals surface area contributed by atoms with Crippen molar-refractivity contribution in [3.8, 4) is 0 Å². The van der Waals surface area contributed by atoms with E-state index in [-0.39, 0.29) is 6.54 Å². The van der Waals surface area contributed by atoms with Gasteiger partial charge in [0.05, 0.1) is 0 Å². The van der Waals surface area contributed by atoms with Crippen LogP contribution in [-0.4, -0.2) is 74.2 Å². The molecule has 2 aromatic heterocycles. The van der Waals surface area contributed by atoms with Crippen LogP contribution in [0.5, 0.6) is 0 Å². The van der Waals surface area contributed by atoms with Crippen molar-refractivity contribution in [2.24, 2.45) is 0 Å². The van der Waals surface area contributed by atoms with Crippen molar-refractivity contribution in [1.29, 1.82) is 0 Å². The third kappa shape index (κ3) is 4.76. The second kappa shape index (κ2) is 9.28. The van der Waals surface area contributed by atoms with Gasteiger partial charge < -0.3 is 19.7 Å². The number of aromatic nitrogens is 2. The molecule has 4 rings (SSSR count). The largest absolute Gasteiger partial charge is 0.480 e. The van der Waals surface area contributed by atoms with E-state index < -0.39 is 18.0 Å². The number of para-hydroxylation sites is 1. The van der Waals surface area contributed by atoms with Gasteiger partial charge in [0.2, 0.25) is 0 Å². The number of carboxylic acids is 2. The van der Waals surface area contributed by atoms with Crippen LogP contribution in [0.25, 0.3) is 10.9 Å². The number of piperazine rings is 1. The van der Waals surface area contributed by atoms with Gasteiger partial charge in [-0.05, 0) is 30.2 Å². The van der Waals surface area contributed by atoms with Crippen molar-refractivity contribution < 1.29 is 19.8 Å². The molecular weight excluding hydrogens is 396 g/mol. The van der Waals surface area contributed by atoms with Gasteiger partial charge in [-0.2, -0.15) is 0 Å². The summed E-state index contributed by atoms with van der Waals surface area (Å²) in [5, 5.41) is 20.1. The first-order valence-corrected chi connectivity index (χ1v) is 10.4. The van der Waals surface area contributed by atoms with Crippen LogP contribution < -0.4 is 0 Å². The number of pyridine rings is 1. The van der Waals surface area contributed by atoms with Gasteiger partial charge in [0.15, 0.2) is 0 Å². The summed E-state index contributed by atoms with van der Waals surface area (Å²) in [6, 6.07) is 10.6. The predicted molar refractivity (Wildman–Crippen MR) is 116 cm³/mol. The average Bonchev–Trinajstić information content (AvgIpc) is 3.11. The van der Waals surface area contributed by atoms with Crippen LogP contribution in [0.15, 0.2) is 55.0 Å². The molecule has 0 amide bonds. The van der Waals surface area contributed by atoms with Gasteiger partial charge in [0.1, 0.15) is 12.6 Å². The molecule has 3 heterocycles. The molecule has 0 saturated carbocycles. The summed E-state index contributed by atoms with van der Waals surface area (Å²) in [5.74, 6) is -1.87. The van der Waals surface area contributed by atoms with Gasteiger partial charge in [-0.1, -0.05) is 18.2 Å². The molecule has 8 nitrogen and oxygen atoms in total. The van der Waals surface area contributed by atoms with Crippen molar-refractivity contribution >= 4 is 22.8 Å². The maximum absolute atomic E-state index is 12.3. The standard InChI is InChI=1S/C23H26N4O4/c28-21(29)16-27-15-19(18-3-1-2-4-20(18)27)22(23(30)31)26-13-11-25(12-14-26)10-7-17-5-8-24-9-6-17/h1-6,8-9,15,22H,7,10-14,16H2,(H,28,29)(H,30,31). The zero-order valence-corrected chi connectivity index (χ0v) is 17.2. The van der Waals surface area contributed by atoms with E-state index in [2.05, 4.69) is 9.88 Å². The number of nitrogens with zero attached hydrogens (tertiary/aromatic N) is 4. The first kappa shape index (κ1) is 21.0. The highest BCUT2D eigenvalue weighted by molar-refractivity contribution is 5.90. The monoisotopic (exact) mass is 422 g/mol. The number of carboxylic acid groups (broad SMARTS) is 2. The van der Waals surface area contributed by atoms with E-state index in [1.165, 1.54) is 5.56 Å². The minimum absolute atomic E-state index is 0.199. The summed E-state index contributed by atoms with van der Waals surface area (Å²) >= 11 is 0. The second-order valence-electron chi connectivity index (χ2n) is 7.85. The van der Waals surface area contributed by atoms with E-state index in [0.717, 1.165) is 37.0 Å². The summed E-state index contributed by atoms with van der Waals surface area (Å²) in [6.45, 7) is 3.60. The third-order valence-corrected chi connectivity index (χ3v) is 5.89. The number of hydrogen-bond donors (Lipinski definition) is 2. The fourth-order valence-electron chi connectivity index (χ4n) is 4.34. The summed E-state index contributed by atoms with van der Waals surface area (Å²) in [5.41, 5.74) is 2.63. The van der Waals surface area contributed by atoms with Gasteiger partial charge in [-0.3, -0.25) is 19.5 Å². The van der Waals surface area contributed by atoms with E-state index in [9.17, 15) is 19.8 Å². The van der Waals surface area contributed by atoms with E-state index in [4.69, 9.17) is 0 Å². The summed E-state index contributed by atoms with van der Waals surface area (Å²) in [4.78, 5) is 31.9. The molecule has 1 saturated heterocycles. The van der Waals surface area contributed by atoms with Crippen molar-refractivity contribution in [3.63, 3.8) is 0 Å². The van der Waals surface area contributed by atoms with Gasteiger partial charge >= 0.3 is 11.9 Å². The second-order valence-corrected chi connectivity index (χ2v) is 7.85. The Hall–Kier alpha value is -3.23. The van der Waals surface area contributed by atoms with Crippen LogP contribution in [0.1, 0.15) is 17.2 Å². The molecular formula is C23H26N4O4. The minimum Gasteiger partial charge on any atom is -0.480 e. The number of rotatable bonds is 8. The van der Waals surface area contributed by atoms with Gasteiger partial charge in [-0.25, -0.2) is 0 Å². The van der Waals surface area contributed by atoms with Crippen molar-refractivity contribution in [3.05, 3.63) is 66.1 Å². The number of benzene rings is 1. The lowest BCUT2D eigenvalue weighted by atomic mass is 10.0. The zero-order chi connectivity index (χ0) is 21.8. The molecule has 3 aromatic rings. The van der Waals surface area contributed by atoms with Gasteiger partial charge in [-0.15, -0.1) is 0 Å². The van der Waals surface area contributed by atoms with Gasteiger partial charge in [0, 0.05) is 67.8 Å². The molecule has 0 bridgehead atoms. The van der Waals surface area contributed by atoms with Crippen molar-refractivity contribution in [2.75, 3.05) is 32.7 Å². The Kier molecular flexibility index (Phi) is 6.29. The normalized spacial score (nSPS) is 16.4. The smallest absolute Gasteiger partial charge is 0.325 e. The number of hydrogen-bond acceptors (Lipinski definition) is 5. The van der Waals surface area contributed by atoms with E-state index in [1.54, 1.807) is 23.2 Å². The third-order valence-electron chi connectivity index (χ3n) is 5.89. The Morgan fingerprint density at radius 1 is 1.00 bits per heavy atom. The zero-order valence-electron chi connectivity index (χ0n) is 17.2. The highest BCUT2D eigenvalue weighted by Crippen LogP contribution is 2.31. The Labute approximate surface area is 180 Å². The predicted octanol–water partition coefficient (Wildman–Crippen LogP) is 2.11. The summed E-state index contributed by atoms with van der Waals surface area (Å²) < 4.78 is 1.62. The molecule has 8 heteroatoms. The van der Waals surface area contributed by atoms with Gasteiger partial charge in [0.25, 0.3) is 0 Å². The van der Waals surface area contributed by atoms with Crippen LogP contribution in [0.2, 0.25) is 0 Å². The van der Waals surface area contributed by atoms with Crippen molar-refractivity contribution in [1.82, 2.24) is 19.4 Å². The molecule has 2 N–H and O–H groups in total. The first-order chi connectivity index (χ1) is 15.0. The lowest BCUT2D eigenvalue weighted by Gasteiger charge is -2.37. The minimum atomic E-state index is -0.956. The number of aliphatic carboxylic acids is 2. The molecule has 1 aromatic carbocycles. The van der Waals surface area contributed by atoms with E-state index in [0.29, 0.717) is 18.7 Å². The topological polar surface area (TPSA) is 98.9 Å². The lowest BCUT2D eigenvalue weighted by molar-refractivity contribution is -0.144. The molecule has 1 aliphatic heterocycles. The Balaban J connectivity index is 1.49. The molecule has 1 aliphatic rings. The summed E-state index contributed by atoms with van der Waals surface area (Å²) in [7, 11) is 0. The maximum atomic E-state index is 12.3. The maximum Gasteiger partial charge on any atom is 0.325 e. The van der Waals surface area contributed by atoms with Crippen LogP contribution in [0, 0.1) is 0 Å². The highest BCUT2D eigenvalue weighted by atomic mass is 16.4. The lowest BCUT2D eigenvalue weighted by Crippen LogP contribution is -2.49. The Morgan fingerprint density at radius 2 is 1.71 bits per heavy atom. The fraction of sp³-hybridized carbons (Fsp3) is 0.348. The van der Waals surface area contributed by atoms with E-state index >= 15 is 0 Å². The Morgan fingerprint density at radius 3 is 2.39 bits per heavy atom. The molecule has 0 aliphatic carbocycles. The first-order valence-electron chi connectivity index (χ1n) is 10.4. The quantitative estimate of drug-likeness (QED) is 0.574. The Bertz CT molecular complexity index is 1060. The molecule has 0 radical (unpaired) electrons. The molecule has 162 valence electrons. The highest BCUT2D eigenvalue weighted by Gasteiger charge is 2.32. The molecule has 0 spiro atoms. The fourth-order valence-corrected chi connectivity index (χ4v) is 4.34. The average molecular weight is 422 g/mol. The summed E-state index contributed by atoms with van der Waals surface area (Å²) in [6.07, 6.45) is 6.22. The molecule has 1 atom stereocenters. The van der Waals surface area contributed by atoms with Crippen LogP contribution in [-0.2, 0) is 22.6 Å². The SMILES string of the molecule is O=C(O)Cn1cc(C(C(=O)O)N2CCN(CCc3ccncc3)CC2)c2ccccc21. The van der Waals surface area contributed by atoms with Crippen LogP contribution >= 0.6 is 0 Å². The molecule has 1 unspecified atom stereocenters. The van der Waals surface area contributed by atoms with Crippen LogP contribution in [0.4, 0.5) is 0 Å². The molecule has 31 heavy (non-hydrogen) atoms. The van der Waals surface area contributed by atoms with E-state index in [1.807, 2.05) is 41.3 Å².